The van der Waals surface area contributed by atoms with Crippen LogP contribution in [0.4, 0.5) is 0 Å². The van der Waals surface area contributed by atoms with E-state index in [-0.39, 0.29) is 0 Å². The van der Waals surface area contributed by atoms with Crippen LogP contribution in [0.5, 0.6) is 0 Å². The highest BCUT2D eigenvalue weighted by Gasteiger charge is 2.17. The second kappa shape index (κ2) is 11.8. The van der Waals surface area contributed by atoms with Gasteiger partial charge in [0, 0.05) is 0 Å². The Kier molecular flexibility index (Phi) is 6.91. The van der Waals surface area contributed by atoms with Crippen molar-refractivity contribution in [1.29, 1.82) is 0 Å². The lowest BCUT2D eigenvalue weighted by atomic mass is 9.85. The predicted octanol–water partition coefficient (Wildman–Crippen LogP) is 13.5. The van der Waals surface area contributed by atoms with Crippen LogP contribution < -0.4 is 0 Å². The number of benzene rings is 9. The van der Waals surface area contributed by atoms with Gasteiger partial charge in [0.2, 0.25) is 0 Å². The molecule has 0 saturated heterocycles. The summed E-state index contributed by atoms with van der Waals surface area (Å²) in [6.07, 6.45) is 0. The van der Waals surface area contributed by atoms with E-state index in [9.17, 15) is 0 Å². The average molecular weight is 609 g/mol. The van der Waals surface area contributed by atoms with Crippen LogP contribution in [-0.2, 0) is 0 Å². The summed E-state index contributed by atoms with van der Waals surface area (Å²) in [5.41, 5.74) is 12.4. The minimum absolute atomic E-state index is 1.22. The van der Waals surface area contributed by atoms with Gasteiger partial charge in [-0.15, -0.1) is 0 Å². The van der Waals surface area contributed by atoms with Gasteiger partial charge in [-0.1, -0.05) is 176 Å². The van der Waals surface area contributed by atoms with E-state index in [0.29, 0.717) is 0 Å². The Morgan fingerprint density at radius 1 is 0.188 bits per heavy atom. The number of rotatable bonds is 5. The second-order valence-corrected chi connectivity index (χ2v) is 12.5. The molecule has 0 aliphatic carbocycles. The third-order valence-corrected chi connectivity index (χ3v) is 9.64. The van der Waals surface area contributed by atoms with Crippen LogP contribution in [0, 0.1) is 0 Å². The number of fused-ring (bicyclic) bond motifs is 3. The molecule has 0 aromatic heterocycles. The monoisotopic (exact) mass is 608 g/mol. The van der Waals surface area contributed by atoms with Crippen LogP contribution in [0.25, 0.3) is 88.0 Å². The second-order valence-electron chi connectivity index (χ2n) is 12.5. The zero-order chi connectivity index (χ0) is 31.9. The number of hydrogen-bond donors (Lipinski definition) is 0. The quantitative estimate of drug-likeness (QED) is 0.171. The van der Waals surface area contributed by atoms with Gasteiger partial charge in [0.15, 0.2) is 0 Å². The SMILES string of the molecule is c1ccc(-c2ccc(-c3cccc(-c4c5ccccc5c(-c5cccc(-c6ccc7ccccc7c6)c5)c5ccccc45)c3)cc2)cc1. The summed E-state index contributed by atoms with van der Waals surface area (Å²) in [5, 5.41) is 7.57. The van der Waals surface area contributed by atoms with Crippen LogP contribution in [0.3, 0.4) is 0 Å². The third-order valence-electron chi connectivity index (χ3n) is 9.64. The Bertz CT molecular complexity index is 2530. The molecule has 0 aliphatic rings. The topological polar surface area (TPSA) is 0 Å². The first-order valence-electron chi connectivity index (χ1n) is 16.6. The molecule has 0 unspecified atom stereocenters. The molecule has 0 amide bonds. The summed E-state index contributed by atoms with van der Waals surface area (Å²) in [5.74, 6) is 0. The minimum atomic E-state index is 1.22. The van der Waals surface area contributed by atoms with Gasteiger partial charge in [-0.3, -0.25) is 0 Å². The smallest absolute Gasteiger partial charge is 0.00262 e. The Hall–Kier alpha value is -6.24. The van der Waals surface area contributed by atoms with Crippen molar-refractivity contribution in [2.45, 2.75) is 0 Å². The fraction of sp³-hybridized carbons (Fsp3) is 0. The molecule has 0 N–H and O–H groups in total. The summed E-state index contributed by atoms with van der Waals surface area (Å²) >= 11 is 0. The molecule has 9 aromatic carbocycles. The van der Waals surface area contributed by atoms with Crippen molar-refractivity contribution in [3.63, 3.8) is 0 Å². The maximum Gasteiger partial charge on any atom is -0.00262 e. The first-order chi connectivity index (χ1) is 23.8. The molecule has 0 saturated carbocycles. The molecule has 0 aliphatic heterocycles. The minimum Gasteiger partial charge on any atom is -0.0622 e. The molecular weight excluding hydrogens is 577 g/mol. The van der Waals surface area contributed by atoms with Crippen LogP contribution in [0.15, 0.2) is 194 Å². The zero-order valence-electron chi connectivity index (χ0n) is 26.5. The highest BCUT2D eigenvalue weighted by atomic mass is 14.2. The van der Waals surface area contributed by atoms with Crippen LogP contribution in [0.1, 0.15) is 0 Å². The number of hydrogen-bond acceptors (Lipinski definition) is 0. The van der Waals surface area contributed by atoms with E-state index in [1.807, 2.05) is 0 Å². The van der Waals surface area contributed by atoms with Crippen molar-refractivity contribution in [2.75, 3.05) is 0 Å². The molecule has 224 valence electrons. The first kappa shape index (κ1) is 28.0. The predicted molar refractivity (Wildman–Crippen MR) is 206 cm³/mol. The average Bonchev–Trinajstić information content (AvgIpc) is 3.17. The lowest BCUT2D eigenvalue weighted by molar-refractivity contribution is 1.58. The van der Waals surface area contributed by atoms with Gasteiger partial charge in [0.05, 0.1) is 0 Å². The fourth-order valence-electron chi connectivity index (χ4n) is 7.31. The molecular formula is C48H32. The molecule has 48 heavy (non-hydrogen) atoms. The molecule has 0 heterocycles. The van der Waals surface area contributed by atoms with E-state index >= 15 is 0 Å². The van der Waals surface area contributed by atoms with E-state index in [1.165, 1.54) is 88.0 Å². The van der Waals surface area contributed by atoms with Crippen molar-refractivity contribution in [3.8, 4) is 55.6 Å². The maximum atomic E-state index is 2.36. The summed E-state index contributed by atoms with van der Waals surface area (Å²) in [6.45, 7) is 0. The third kappa shape index (κ3) is 4.96. The van der Waals surface area contributed by atoms with Gasteiger partial charge >= 0.3 is 0 Å². The van der Waals surface area contributed by atoms with Crippen LogP contribution in [-0.4, -0.2) is 0 Å². The van der Waals surface area contributed by atoms with E-state index in [4.69, 9.17) is 0 Å². The standard InChI is InChI=1S/C48H32/c1-2-12-33(13-3-1)35-24-26-36(27-25-35)38-16-10-18-41(31-38)47-43-20-6-8-22-45(43)48(46-23-9-7-21-44(46)47)42-19-11-17-39(32-42)40-29-28-34-14-4-5-15-37(34)30-40/h1-32H. The van der Waals surface area contributed by atoms with Crippen molar-refractivity contribution in [3.05, 3.63) is 194 Å². The van der Waals surface area contributed by atoms with Crippen molar-refractivity contribution in [2.24, 2.45) is 0 Å². The molecule has 0 heteroatoms. The normalized spacial score (nSPS) is 11.3. The van der Waals surface area contributed by atoms with Gasteiger partial charge in [-0.25, -0.2) is 0 Å². The molecule has 9 rings (SSSR count). The molecule has 0 atom stereocenters. The highest BCUT2D eigenvalue weighted by Crippen LogP contribution is 2.45. The van der Waals surface area contributed by atoms with Crippen molar-refractivity contribution >= 4 is 32.3 Å². The van der Waals surface area contributed by atoms with Crippen LogP contribution >= 0.6 is 0 Å². The van der Waals surface area contributed by atoms with Gasteiger partial charge in [-0.2, -0.15) is 0 Å². The maximum absolute atomic E-state index is 2.36. The summed E-state index contributed by atoms with van der Waals surface area (Å²) in [4.78, 5) is 0. The Balaban J connectivity index is 1.19. The fourth-order valence-corrected chi connectivity index (χ4v) is 7.31. The Morgan fingerprint density at radius 2 is 0.542 bits per heavy atom. The van der Waals surface area contributed by atoms with E-state index < -0.39 is 0 Å². The molecule has 0 bridgehead atoms. The largest absolute Gasteiger partial charge is 0.0622 e. The first-order valence-corrected chi connectivity index (χ1v) is 16.6. The lowest BCUT2D eigenvalue weighted by Crippen LogP contribution is -1.91. The Labute approximate surface area is 281 Å². The summed E-state index contributed by atoms with van der Waals surface area (Å²) in [6, 6.07) is 70.7. The lowest BCUT2D eigenvalue weighted by Gasteiger charge is -2.18. The molecule has 0 radical (unpaired) electrons. The molecule has 0 fully saturated rings. The molecule has 0 spiro atoms. The Morgan fingerprint density at radius 3 is 1.10 bits per heavy atom. The summed E-state index contributed by atoms with van der Waals surface area (Å²) in [7, 11) is 0. The summed E-state index contributed by atoms with van der Waals surface area (Å²) < 4.78 is 0. The van der Waals surface area contributed by atoms with Gasteiger partial charge in [-0.05, 0) is 106 Å². The highest BCUT2D eigenvalue weighted by molar-refractivity contribution is 6.21. The molecule has 0 nitrogen and oxygen atoms in total. The van der Waals surface area contributed by atoms with Gasteiger partial charge in [0.1, 0.15) is 0 Å². The van der Waals surface area contributed by atoms with E-state index in [1.54, 1.807) is 0 Å². The van der Waals surface area contributed by atoms with Crippen molar-refractivity contribution in [1.82, 2.24) is 0 Å². The molecule has 9 aromatic rings. The van der Waals surface area contributed by atoms with Crippen molar-refractivity contribution < 1.29 is 0 Å². The van der Waals surface area contributed by atoms with E-state index in [0.717, 1.165) is 0 Å². The van der Waals surface area contributed by atoms with E-state index in [2.05, 4.69) is 194 Å². The van der Waals surface area contributed by atoms with Crippen LogP contribution in [0.2, 0.25) is 0 Å². The van der Waals surface area contributed by atoms with Gasteiger partial charge in [0.25, 0.3) is 0 Å². The van der Waals surface area contributed by atoms with Gasteiger partial charge < -0.3 is 0 Å². The zero-order valence-corrected chi connectivity index (χ0v) is 26.5.